The van der Waals surface area contributed by atoms with Gasteiger partial charge in [0.25, 0.3) is 0 Å². The highest BCUT2D eigenvalue weighted by molar-refractivity contribution is 5.79. The van der Waals surface area contributed by atoms with Crippen molar-refractivity contribution < 1.29 is 4.39 Å². The summed E-state index contributed by atoms with van der Waals surface area (Å²) in [7, 11) is 0. The molecule has 134 valence electrons. The van der Waals surface area contributed by atoms with Crippen molar-refractivity contribution in [3.63, 3.8) is 0 Å². The number of guanidine groups is 1. The Morgan fingerprint density at radius 1 is 1.04 bits per heavy atom. The number of rotatable bonds is 9. The highest BCUT2D eigenvalue weighted by Crippen LogP contribution is 2.04. The molecule has 0 aliphatic heterocycles. The number of nitrogens with zero attached hydrogens (tertiary/aromatic N) is 2. The van der Waals surface area contributed by atoms with Gasteiger partial charge < -0.3 is 16.0 Å². The number of aliphatic imine (C=N–C) groups is 1. The molecule has 0 atom stereocenters. The first-order valence-electron chi connectivity index (χ1n) is 8.69. The van der Waals surface area contributed by atoms with E-state index in [-0.39, 0.29) is 5.82 Å². The van der Waals surface area contributed by atoms with Crippen molar-refractivity contribution in [3.8, 4) is 0 Å². The van der Waals surface area contributed by atoms with E-state index in [0.717, 1.165) is 49.8 Å². The molecule has 1 aromatic heterocycles. The van der Waals surface area contributed by atoms with Crippen LogP contribution in [0.3, 0.4) is 0 Å². The molecule has 0 bridgehead atoms. The Balaban J connectivity index is 1.66. The number of hydrogen-bond acceptors (Lipinski definition) is 3. The maximum atomic E-state index is 12.9. The van der Waals surface area contributed by atoms with Gasteiger partial charge in [0.05, 0.1) is 6.54 Å². The summed E-state index contributed by atoms with van der Waals surface area (Å²) >= 11 is 0. The monoisotopic (exact) mass is 343 g/mol. The number of halogens is 1. The van der Waals surface area contributed by atoms with Gasteiger partial charge in [0.1, 0.15) is 11.6 Å². The third-order valence-corrected chi connectivity index (χ3v) is 3.54. The highest BCUT2D eigenvalue weighted by atomic mass is 19.1. The topological polar surface area (TPSA) is 61.3 Å². The van der Waals surface area contributed by atoms with Gasteiger partial charge in [-0.1, -0.05) is 18.2 Å². The number of nitrogens with one attached hydrogen (secondary N) is 3. The van der Waals surface area contributed by atoms with E-state index in [0.29, 0.717) is 6.54 Å². The van der Waals surface area contributed by atoms with Gasteiger partial charge in [-0.25, -0.2) is 14.4 Å². The summed E-state index contributed by atoms with van der Waals surface area (Å²) in [6.07, 6.45) is 3.85. The second kappa shape index (κ2) is 11.0. The fraction of sp³-hybridized carbons (Fsp3) is 0.368. The smallest absolute Gasteiger partial charge is 0.191 e. The number of pyridine rings is 1. The summed E-state index contributed by atoms with van der Waals surface area (Å²) in [6.45, 7) is 5.10. The summed E-state index contributed by atoms with van der Waals surface area (Å²) in [5, 5.41) is 9.84. The summed E-state index contributed by atoms with van der Waals surface area (Å²) < 4.78 is 12.9. The van der Waals surface area contributed by atoms with Crippen LogP contribution in [0.2, 0.25) is 0 Å². The molecular weight excluding hydrogens is 317 g/mol. The number of benzene rings is 1. The highest BCUT2D eigenvalue weighted by Gasteiger charge is 1.98. The Bertz CT molecular complexity index is 628. The fourth-order valence-electron chi connectivity index (χ4n) is 2.24. The molecule has 5 nitrogen and oxygen atoms in total. The summed E-state index contributed by atoms with van der Waals surface area (Å²) in [6, 6.07) is 12.3. The van der Waals surface area contributed by atoms with Gasteiger partial charge in [-0.15, -0.1) is 0 Å². The SMILES string of the molecule is CCNC(=NCc1ccc(F)cc1)NCCCCNc1ccccn1. The quantitative estimate of drug-likeness (QED) is 0.372. The minimum atomic E-state index is -0.225. The minimum absolute atomic E-state index is 0.225. The van der Waals surface area contributed by atoms with Crippen LogP contribution < -0.4 is 16.0 Å². The van der Waals surface area contributed by atoms with E-state index in [1.54, 1.807) is 18.3 Å². The van der Waals surface area contributed by atoms with Crippen LogP contribution in [0.1, 0.15) is 25.3 Å². The van der Waals surface area contributed by atoms with E-state index >= 15 is 0 Å². The summed E-state index contributed by atoms with van der Waals surface area (Å²) in [5.41, 5.74) is 0.984. The second-order valence-corrected chi connectivity index (χ2v) is 5.60. The third kappa shape index (κ3) is 7.65. The average molecular weight is 343 g/mol. The van der Waals surface area contributed by atoms with E-state index in [9.17, 15) is 4.39 Å². The first-order chi connectivity index (χ1) is 12.3. The van der Waals surface area contributed by atoms with E-state index in [1.165, 1.54) is 12.1 Å². The van der Waals surface area contributed by atoms with Crippen molar-refractivity contribution in [1.29, 1.82) is 0 Å². The van der Waals surface area contributed by atoms with Gasteiger partial charge in [-0.3, -0.25) is 0 Å². The van der Waals surface area contributed by atoms with Crippen molar-refractivity contribution in [2.24, 2.45) is 4.99 Å². The van der Waals surface area contributed by atoms with E-state index in [4.69, 9.17) is 0 Å². The van der Waals surface area contributed by atoms with Gasteiger partial charge in [0.15, 0.2) is 5.96 Å². The molecular formula is C19H26FN5. The molecule has 0 aliphatic rings. The Kier molecular flexibility index (Phi) is 8.24. The van der Waals surface area contributed by atoms with Crippen molar-refractivity contribution in [1.82, 2.24) is 15.6 Å². The zero-order chi connectivity index (χ0) is 17.7. The van der Waals surface area contributed by atoms with Gasteiger partial charge in [0, 0.05) is 25.8 Å². The lowest BCUT2D eigenvalue weighted by Crippen LogP contribution is -2.37. The van der Waals surface area contributed by atoms with Gasteiger partial charge in [0.2, 0.25) is 0 Å². The standard InChI is InChI=1S/C19H26FN5/c1-2-21-19(25-15-16-8-10-17(20)11-9-16)24-14-6-5-13-23-18-7-3-4-12-22-18/h3-4,7-12H,2,5-6,13-15H2,1H3,(H,22,23)(H2,21,24,25). The number of anilines is 1. The molecule has 3 N–H and O–H groups in total. The molecule has 0 saturated heterocycles. The molecule has 0 aliphatic carbocycles. The average Bonchev–Trinajstić information content (AvgIpc) is 2.64. The largest absolute Gasteiger partial charge is 0.370 e. The normalized spacial score (nSPS) is 11.2. The first kappa shape index (κ1) is 18.7. The maximum absolute atomic E-state index is 12.9. The Morgan fingerprint density at radius 2 is 1.84 bits per heavy atom. The van der Waals surface area contributed by atoms with Crippen LogP contribution in [0, 0.1) is 5.82 Å². The van der Waals surface area contributed by atoms with Crippen molar-refractivity contribution >= 4 is 11.8 Å². The Morgan fingerprint density at radius 3 is 2.56 bits per heavy atom. The molecule has 2 aromatic rings. The van der Waals surface area contributed by atoms with Crippen LogP contribution in [0.4, 0.5) is 10.2 Å². The predicted molar refractivity (Wildman–Crippen MR) is 101 cm³/mol. The number of unbranched alkanes of at least 4 members (excludes halogenated alkanes) is 1. The molecule has 0 amide bonds. The lowest BCUT2D eigenvalue weighted by Gasteiger charge is -2.11. The van der Waals surface area contributed by atoms with Crippen LogP contribution in [0.15, 0.2) is 53.7 Å². The molecule has 1 heterocycles. The Labute approximate surface area is 148 Å². The van der Waals surface area contributed by atoms with Crippen molar-refractivity contribution in [2.45, 2.75) is 26.3 Å². The molecule has 2 rings (SSSR count). The second-order valence-electron chi connectivity index (χ2n) is 5.60. The molecule has 6 heteroatoms. The molecule has 25 heavy (non-hydrogen) atoms. The predicted octanol–water partition coefficient (Wildman–Crippen LogP) is 3.17. The van der Waals surface area contributed by atoms with Crippen LogP contribution in [0.25, 0.3) is 0 Å². The van der Waals surface area contributed by atoms with Gasteiger partial charge >= 0.3 is 0 Å². The fourth-order valence-corrected chi connectivity index (χ4v) is 2.24. The molecule has 1 aromatic carbocycles. The lowest BCUT2D eigenvalue weighted by molar-refractivity contribution is 0.627. The lowest BCUT2D eigenvalue weighted by atomic mass is 10.2. The number of aromatic nitrogens is 1. The van der Waals surface area contributed by atoms with Crippen molar-refractivity contribution in [3.05, 3.63) is 60.0 Å². The van der Waals surface area contributed by atoms with Crippen LogP contribution >= 0.6 is 0 Å². The molecule has 0 spiro atoms. The van der Waals surface area contributed by atoms with Crippen LogP contribution in [-0.4, -0.2) is 30.6 Å². The van der Waals surface area contributed by atoms with E-state index in [2.05, 4.69) is 25.9 Å². The number of hydrogen-bond donors (Lipinski definition) is 3. The minimum Gasteiger partial charge on any atom is -0.370 e. The van der Waals surface area contributed by atoms with E-state index < -0.39 is 0 Å². The van der Waals surface area contributed by atoms with Gasteiger partial charge in [-0.05, 0) is 49.6 Å². The Hall–Kier alpha value is -2.63. The summed E-state index contributed by atoms with van der Waals surface area (Å²) in [4.78, 5) is 8.75. The zero-order valence-electron chi connectivity index (χ0n) is 14.6. The van der Waals surface area contributed by atoms with Crippen LogP contribution in [0.5, 0.6) is 0 Å². The maximum Gasteiger partial charge on any atom is 0.191 e. The van der Waals surface area contributed by atoms with Gasteiger partial charge in [-0.2, -0.15) is 0 Å². The van der Waals surface area contributed by atoms with E-state index in [1.807, 2.05) is 25.1 Å². The molecule has 0 saturated carbocycles. The van der Waals surface area contributed by atoms with Crippen LogP contribution in [-0.2, 0) is 6.54 Å². The first-order valence-corrected chi connectivity index (χ1v) is 8.69. The summed E-state index contributed by atoms with van der Waals surface area (Å²) in [5.74, 6) is 1.46. The molecule has 0 radical (unpaired) electrons. The third-order valence-electron chi connectivity index (χ3n) is 3.54. The molecule has 0 fully saturated rings. The zero-order valence-corrected chi connectivity index (χ0v) is 14.6. The van der Waals surface area contributed by atoms with Crippen molar-refractivity contribution in [2.75, 3.05) is 25.0 Å². The molecule has 0 unspecified atom stereocenters.